The van der Waals surface area contributed by atoms with Crippen LogP contribution in [0.1, 0.15) is 41.5 Å². The summed E-state index contributed by atoms with van der Waals surface area (Å²) in [6.45, 7) is 17.0. The zero-order valence-corrected chi connectivity index (χ0v) is 11.0. The quantitative estimate of drug-likeness (QED) is 0.678. The molecule has 2 nitrogen and oxygen atoms in total. The molecule has 0 aliphatic heterocycles. The number of hydrogen-bond acceptors (Lipinski definition) is 2. The zero-order valence-electron chi connectivity index (χ0n) is 9.86. The summed E-state index contributed by atoms with van der Waals surface area (Å²) in [5, 5.41) is 0. The van der Waals surface area contributed by atoms with Crippen molar-refractivity contribution in [3.05, 3.63) is 12.3 Å². The van der Waals surface area contributed by atoms with Crippen LogP contribution in [0, 0.1) is 0 Å². The number of hydrogen-bond donors (Lipinski definition) is 2. The molecule has 0 heterocycles. The van der Waals surface area contributed by atoms with E-state index in [1.807, 2.05) is 5.70 Å². The van der Waals surface area contributed by atoms with Crippen molar-refractivity contribution in [3.63, 3.8) is 0 Å². The molecule has 0 aromatic heterocycles. The molecular weight excluding hydrogens is 176 g/mol. The van der Waals surface area contributed by atoms with E-state index < -0.39 is 9.12 Å². The molecule has 0 aliphatic carbocycles. The van der Waals surface area contributed by atoms with Gasteiger partial charge in [0.15, 0.2) is 0 Å². The lowest BCUT2D eigenvalue weighted by Gasteiger charge is -2.31. The van der Waals surface area contributed by atoms with E-state index >= 15 is 0 Å². The van der Waals surface area contributed by atoms with Gasteiger partial charge in [0.05, 0.1) is 0 Å². The first-order chi connectivity index (χ1) is 5.64. The molecule has 0 fully saturated rings. The molecular formula is C10H24N2Si. The third-order valence-electron chi connectivity index (χ3n) is 1.41. The highest BCUT2D eigenvalue weighted by Crippen LogP contribution is 2.03. The maximum atomic E-state index is 3.87. The van der Waals surface area contributed by atoms with Crippen LogP contribution in [-0.4, -0.2) is 20.2 Å². The van der Waals surface area contributed by atoms with Gasteiger partial charge in [0.1, 0.15) is 0 Å². The summed E-state index contributed by atoms with van der Waals surface area (Å²) in [5.41, 5.74) is 2.38. The second-order valence-corrected chi connectivity index (χ2v) is 7.51. The van der Waals surface area contributed by atoms with E-state index in [1.54, 1.807) is 0 Å². The zero-order chi connectivity index (χ0) is 10.7. The minimum absolute atomic E-state index is 0.170. The Hall–Kier alpha value is -0.123. The highest BCUT2D eigenvalue weighted by molar-refractivity contribution is 6.59. The molecule has 0 amide bonds. The van der Waals surface area contributed by atoms with E-state index in [4.69, 9.17) is 0 Å². The maximum absolute atomic E-state index is 3.87. The Morgan fingerprint density at radius 3 is 1.38 bits per heavy atom. The van der Waals surface area contributed by atoms with Gasteiger partial charge in [0.2, 0.25) is 9.12 Å². The average Bonchev–Trinajstić information content (AvgIpc) is 1.79. The molecule has 0 saturated carbocycles. The summed E-state index contributed by atoms with van der Waals surface area (Å²) in [5.74, 6) is 0. The lowest BCUT2D eigenvalue weighted by atomic mass is 10.1. The van der Waals surface area contributed by atoms with Gasteiger partial charge in [-0.1, -0.05) is 5.70 Å². The van der Waals surface area contributed by atoms with Gasteiger partial charge in [-0.15, -0.1) is 6.58 Å². The summed E-state index contributed by atoms with van der Waals surface area (Å²) >= 11 is 0. The second kappa shape index (κ2) is 4.40. The Morgan fingerprint density at radius 2 is 1.23 bits per heavy atom. The van der Waals surface area contributed by atoms with Crippen molar-refractivity contribution < 1.29 is 0 Å². The predicted molar refractivity (Wildman–Crippen MR) is 63.1 cm³/mol. The Kier molecular flexibility index (Phi) is 4.36. The smallest absolute Gasteiger partial charge is 0.210 e. The van der Waals surface area contributed by atoms with Gasteiger partial charge in [0, 0.05) is 11.1 Å². The SMILES string of the molecule is C=C[SiH](NC(C)(C)C)NC(C)(C)C. The van der Waals surface area contributed by atoms with Gasteiger partial charge < -0.3 is 9.96 Å². The van der Waals surface area contributed by atoms with Crippen LogP contribution < -0.4 is 9.96 Å². The molecule has 0 saturated heterocycles. The van der Waals surface area contributed by atoms with E-state index in [0.29, 0.717) is 0 Å². The first-order valence-electron chi connectivity index (χ1n) is 4.82. The van der Waals surface area contributed by atoms with E-state index in [0.717, 1.165) is 0 Å². The Bertz CT molecular complexity index is 149. The van der Waals surface area contributed by atoms with Gasteiger partial charge in [-0.05, 0) is 41.5 Å². The molecule has 0 radical (unpaired) electrons. The largest absolute Gasteiger partial charge is 0.320 e. The maximum Gasteiger partial charge on any atom is 0.210 e. The molecule has 0 unspecified atom stereocenters. The van der Waals surface area contributed by atoms with Crippen molar-refractivity contribution in [1.29, 1.82) is 0 Å². The first kappa shape index (κ1) is 12.9. The fraction of sp³-hybridized carbons (Fsp3) is 0.800. The van der Waals surface area contributed by atoms with Crippen LogP contribution in [0.4, 0.5) is 0 Å². The van der Waals surface area contributed by atoms with Crippen molar-refractivity contribution in [3.8, 4) is 0 Å². The highest BCUT2D eigenvalue weighted by Gasteiger charge is 2.20. The van der Waals surface area contributed by atoms with Gasteiger partial charge in [-0.25, -0.2) is 0 Å². The van der Waals surface area contributed by atoms with Crippen LogP contribution in [0.25, 0.3) is 0 Å². The fourth-order valence-corrected chi connectivity index (χ4v) is 3.26. The second-order valence-electron chi connectivity index (χ2n) is 5.50. The summed E-state index contributed by atoms with van der Waals surface area (Å²) in [7, 11) is -1.20. The Balaban J connectivity index is 4.13. The lowest BCUT2D eigenvalue weighted by molar-refractivity contribution is 0.478. The van der Waals surface area contributed by atoms with Crippen LogP contribution in [0.15, 0.2) is 12.3 Å². The van der Waals surface area contributed by atoms with Crippen molar-refractivity contribution >= 4 is 9.12 Å². The van der Waals surface area contributed by atoms with E-state index in [9.17, 15) is 0 Å². The fourth-order valence-electron chi connectivity index (χ4n) is 1.09. The van der Waals surface area contributed by atoms with Crippen molar-refractivity contribution in [2.24, 2.45) is 0 Å². The number of nitrogens with one attached hydrogen (secondary N) is 2. The molecule has 0 aromatic rings. The van der Waals surface area contributed by atoms with Crippen LogP contribution in [0.5, 0.6) is 0 Å². The van der Waals surface area contributed by atoms with Gasteiger partial charge in [-0.3, -0.25) is 0 Å². The normalized spacial score (nSPS) is 13.5. The monoisotopic (exact) mass is 200 g/mol. The van der Waals surface area contributed by atoms with Crippen LogP contribution in [-0.2, 0) is 0 Å². The molecule has 78 valence electrons. The molecule has 0 rings (SSSR count). The van der Waals surface area contributed by atoms with E-state index in [1.165, 1.54) is 0 Å². The van der Waals surface area contributed by atoms with Gasteiger partial charge >= 0.3 is 0 Å². The lowest BCUT2D eigenvalue weighted by Crippen LogP contribution is -2.59. The van der Waals surface area contributed by atoms with Crippen LogP contribution in [0.2, 0.25) is 0 Å². The average molecular weight is 200 g/mol. The molecule has 2 N–H and O–H groups in total. The summed E-state index contributed by atoms with van der Waals surface area (Å²) < 4.78 is 0. The standard InChI is InChI=1S/C10H24N2Si/c1-8-13(11-9(2,3)4)12-10(5,6)7/h8,11-13H,1H2,2-7H3. The molecule has 3 heteroatoms. The predicted octanol–water partition coefficient (Wildman–Crippen LogP) is 1.71. The minimum atomic E-state index is -1.20. The molecule has 0 bridgehead atoms. The third-order valence-corrected chi connectivity index (χ3v) is 4.24. The van der Waals surface area contributed by atoms with Gasteiger partial charge in [0.25, 0.3) is 0 Å². The summed E-state index contributed by atoms with van der Waals surface area (Å²) in [4.78, 5) is 7.14. The Labute approximate surface area is 84.6 Å². The number of rotatable bonds is 3. The molecule has 0 atom stereocenters. The minimum Gasteiger partial charge on any atom is -0.320 e. The van der Waals surface area contributed by atoms with Crippen molar-refractivity contribution in [1.82, 2.24) is 9.96 Å². The summed E-state index contributed by atoms with van der Waals surface area (Å²) in [6, 6.07) is 0. The molecule has 0 aliphatic rings. The Morgan fingerprint density at radius 1 is 0.923 bits per heavy atom. The van der Waals surface area contributed by atoms with Crippen LogP contribution >= 0.6 is 0 Å². The third kappa shape index (κ3) is 8.21. The highest BCUT2D eigenvalue weighted by atomic mass is 28.3. The molecule has 13 heavy (non-hydrogen) atoms. The molecule has 0 aromatic carbocycles. The summed E-state index contributed by atoms with van der Waals surface area (Å²) in [6.07, 6.45) is 0. The van der Waals surface area contributed by atoms with Gasteiger partial charge in [-0.2, -0.15) is 0 Å². The van der Waals surface area contributed by atoms with Crippen molar-refractivity contribution in [2.45, 2.75) is 52.6 Å². The van der Waals surface area contributed by atoms with Crippen LogP contribution in [0.3, 0.4) is 0 Å². The van der Waals surface area contributed by atoms with Crippen molar-refractivity contribution in [2.75, 3.05) is 0 Å². The topological polar surface area (TPSA) is 24.1 Å². The first-order valence-corrected chi connectivity index (χ1v) is 6.64. The molecule has 0 spiro atoms. The van der Waals surface area contributed by atoms with E-state index in [-0.39, 0.29) is 11.1 Å². The van der Waals surface area contributed by atoms with E-state index in [2.05, 4.69) is 58.1 Å².